The average molecular weight is 338 g/mol. The number of carbonyl (C=O) groups excluding carboxylic acids is 4. The molecule has 24 heavy (non-hydrogen) atoms. The molecule has 0 unspecified atom stereocenters. The monoisotopic (exact) mass is 338 g/mol. The molecule has 2 aliphatic rings. The van der Waals surface area contributed by atoms with Gasteiger partial charge >= 0.3 is 11.8 Å². The minimum atomic E-state index is -0.653. The van der Waals surface area contributed by atoms with E-state index in [2.05, 4.69) is 10.6 Å². The third kappa shape index (κ3) is 5.50. The molecule has 4 amide bonds. The molecule has 134 valence electrons. The van der Waals surface area contributed by atoms with Gasteiger partial charge < -0.3 is 20.4 Å². The van der Waals surface area contributed by atoms with Crippen molar-refractivity contribution in [3.05, 3.63) is 0 Å². The van der Waals surface area contributed by atoms with Crippen LogP contribution in [-0.4, -0.2) is 72.7 Å². The number of rotatable bonds is 8. The fourth-order valence-electron chi connectivity index (χ4n) is 2.99. The van der Waals surface area contributed by atoms with E-state index in [4.69, 9.17) is 0 Å². The molecular weight excluding hydrogens is 312 g/mol. The number of hydrogen-bond acceptors (Lipinski definition) is 4. The summed E-state index contributed by atoms with van der Waals surface area (Å²) in [6, 6.07) is 0. The Bertz CT molecular complexity index is 450. The molecule has 0 aliphatic carbocycles. The molecule has 0 saturated carbocycles. The predicted octanol–water partition coefficient (Wildman–Crippen LogP) is -0.756. The summed E-state index contributed by atoms with van der Waals surface area (Å²) in [5, 5.41) is 5.11. The second-order valence-corrected chi connectivity index (χ2v) is 6.19. The summed E-state index contributed by atoms with van der Waals surface area (Å²) >= 11 is 0. The Morgan fingerprint density at radius 2 is 1.21 bits per heavy atom. The third-order valence-electron chi connectivity index (χ3n) is 4.33. The first kappa shape index (κ1) is 18.2. The van der Waals surface area contributed by atoms with E-state index in [0.29, 0.717) is 51.9 Å². The Hall–Kier alpha value is -2.12. The number of hydrogen-bond donors (Lipinski definition) is 2. The van der Waals surface area contributed by atoms with Crippen LogP contribution in [0.1, 0.15) is 38.5 Å². The van der Waals surface area contributed by atoms with E-state index in [9.17, 15) is 19.2 Å². The molecule has 0 bridgehead atoms. The fraction of sp³-hybridized carbons (Fsp3) is 0.750. The van der Waals surface area contributed by atoms with Crippen molar-refractivity contribution in [3.63, 3.8) is 0 Å². The van der Waals surface area contributed by atoms with E-state index in [-0.39, 0.29) is 11.8 Å². The molecule has 2 N–H and O–H groups in total. The van der Waals surface area contributed by atoms with Crippen LogP contribution in [0.5, 0.6) is 0 Å². The van der Waals surface area contributed by atoms with Gasteiger partial charge in [0.1, 0.15) is 0 Å². The molecule has 0 aromatic heterocycles. The van der Waals surface area contributed by atoms with Gasteiger partial charge in [-0.05, 0) is 25.7 Å². The lowest BCUT2D eigenvalue weighted by atomic mass is 10.3. The minimum Gasteiger partial charge on any atom is -0.348 e. The highest BCUT2D eigenvalue weighted by Gasteiger charge is 2.20. The fourth-order valence-corrected chi connectivity index (χ4v) is 2.99. The van der Waals surface area contributed by atoms with Crippen LogP contribution in [-0.2, 0) is 19.2 Å². The molecule has 2 aliphatic heterocycles. The van der Waals surface area contributed by atoms with Crippen LogP contribution >= 0.6 is 0 Å². The van der Waals surface area contributed by atoms with Gasteiger partial charge in [0.25, 0.3) is 0 Å². The van der Waals surface area contributed by atoms with Gasteiger partial charge in [-0.1, -0.05) is 0 Å². The van der Waals surface area contributed by atoms with Crippen molar-refractivity contribution in [2.75, 3.05) is 39.3 Å². The second-order valence-electron chi connectivity index (χ2n) is 6.19. The van der Waals surface area contributed by atoms with E-state index in [1.54, 1.807) is 9.80 Å². The van der Waals surface area contributed by atoms with Gasteiger partial charge in [-0.15, -0.1) is 0 Å². The van der Waals surface area contributed by atoms with Crippen molar-refractivity contribution >= 4 is 23.6 Å². The minimum absolute atomic E-state index is 0.163. The van der Waals surface area contributed by atoms with Crippen molar-refractivity contribution in [1.82, 2.24) is 20.4 Å². The van der Waals surface area contributed by atoms with Crippen LogP contribution < -0.4 is 10.6 Å². The topological polar surface area (TPSA) is 98.8 Å². The van der Waals surface area contributed by atoms with Gasteiger partial charge in [0.2, 0.25) is 11.8 Å². The lowest BCUT2D eigenvalue weighted by molar-refractivity contribution is -0.139. The molecule has 0 radical (unpaired) electrons. The first-order chi connectivity index (χ1) is 11.6. The molecule has 0 spiro atoms. The quantitative estimate of drug-likeness (QED) is 0.449. The van der Waals surface area contributed by atoms with Crippen molar-refractivity contribution in [1.29, 1.82) is 0 Å². The van der Waals surface area contributed by atoms with Crippen LogP contribution in [0.4, 0.5) is 0 Å². The largest absolute Gasteiger partial charge is 0.348 e. The molecule has 0 atom stereocenters. The Morgan fingerprint density at radius 1 is 0.792 bits per heavy atom. The lowest BCUT2D eigenvalue weighted by Gasteiger charge is -2.16. The molecule has 8 heteroatoms. The van der Waals surface area contributed by atoms with E-state index in [0.717, 1.165) is 25.9 Å². The molecule has 0 aromatic rings. The SMILES string of the molecule is O=C(NCCCN1CCCC1=O)C(=O)NCCCN1CCCC1=O. The summed E-state index contributed by atoms with van der Waals surface area (Å²) in [6.45, 7) is 3.55. The summed E-state index contributed by atoms with van der Waals surface area (Å²) in [7, 11) is 0. The van der Waals surface area contributed by atoms with Gasteiger partial charge in [0.05, 0.1) is 0 Å². The summed E-state index contributed by atoms with van der Waals surface area (Å²) in [5.41, 5.74) is 0. The molecule has 2 heterocycles. The molecular formula is C16H26N4O4. The van der Waals surface area contributed by atoms with E-state index in [1.165, 1.54) is 0 Å². The zero-order valence-electron chi connectivity index (χ0n) is 14.0. The standard InChI is InChI=1S/C16H26N4O4/c21-13-5-1-9-19(13)11-3-7-17-15(23)16(24)18-8-4-12-20-10-2-6-14(20)22/h1-12H2,(H,17,23)(H,18,24). The zero-order valence-corrected chi connectivity index (χ0v) is 14.0. The molecule has 8 nitrogen and oxygen atoms in total. The normalized spacial score (nSPS) is 17.5. The van der Waals surface area contributed by atoms with Gasteiger partial charge in [0, 0.05) is 52.1 Å². The van der Waals surface area contributed by atoms with Gasteiger partial charge in [0.15, 0.2) is 0 Å². The van der Waals surface area contributed by atoms with Gasteiger partial charge in [-0.25, -0.2) is 0 Å². The Labute approximate surface area is 141 Å². The second kappa shape index (κ2) is 9.24. The Morgan fingerprint density at radius 3 is 1.54 bits per heavy atom. The maximum atomic E-state index is 11.6. The molecule has 2 saturated heterocycles. The third-order valence-corrected chi connectivity index (χ3v) is 4.33. The highest BCUT2D eigenvalue weighted by Crippen LogP contribution is 2.09. The highest BCUT2D eigenvalue weighted by atomic mass is 16.2. The van der Waals surface area contributed by atoms with Gasteiger partial charge in [-0.2, -0.15) is 0 Å². The number of nitrogens with one attached hydrogen (secondary N) is 2. The summed E-state index contributed by atoms with van der Waals surface area (Å²) in [5.74, 6) is -0.980. The highest BCUT2D eigenvalue weighted by molar-refractivity contribution is 6.35. The van der Waals surface area contributed by atoms with Crippen molar-refractivity contribution in [2.45, 2.75) is 38.5 Å². The van der Waals surface area contributed by atoms with E-state index in [1.807, 2.05) is 0 Å². The Kier molecular flexibility index (Phi) is 7.02. The maximum Gasteiger partial charge on any atom is 0.309 e. The van der Waals surface area contributed by atoms with Crippen LogP contribution in [0.25, 0.3) is 0 Å². The number of amides is 4. The first-order valence-corrected chi connectivity index (χ1v) is 8.69. The molecule has 2 fully saturated rings. The van der Waals surface area contributed by atoms with Crippen LogP contribution in [0, 0.1) is 0 Å². The smallest absolute Gasteiger partial charge is 0.309 e. The van der Waals surface area contributed by atoms with Crippen LogP contribution in [0.15, 0.2) is 0 Å². The summed E-state index contributed by atoms with van der Waals surface area (Å²) in [6.07, 6.45) is 4.30. The van der Waals surface area contributed by atoms with Crippen molar-refractivity contribution in [2.24, 2.45) is 0 Å². The van der Waals surface area contributed by atoms with Crippen molar-refractivity contribution < 1.29 is 19.2 Å². The Balaban J connectivity index is 1.49. The maximum absolute atomic E-state index is 11.6. The first-order valence-electron chi connectivity index (χ1n) is 8.69. The van der Waals surface area contributed by atoms with Gasteiger partial charge in [-0.3, -0.25) is 19.2 Å². The molecule has 2 rings (SSSR count). The predicted molar refractivity (Wildman–Crippen MR) is 86.9 cm³/mol. The average Bonchev–Trinajstić information content (AvgIpc) is 3.16. The number of carbonyl (C=O) groups is 4. The number of nitrogens with zero attached hydrogens (tertiary/aromatic N) is 2. The summed E-state index contributed by atoms with van der Waals surface area (Å²) < 4.78 is 0. The lowest BCUT2D eigenvalue weighted by Crippen LogP contribution is -2.41. The van der Waals surface area contributed by atoms with Crippen molar-refractivity contribution in [3.8, 4) is 0 Å². The van der Waals surface area contributed by atoms with E-state index < -0.39 is 11.8 Å². The summed E-state index contributed by atoms with van der Waals surface area (Å²) in [4.78, 5) is 49.7. The van der Waals surface area contributed by atoms with E-state index >= 15 is 0 Å². The number of likely N-dealkylation sites (tertiary alicyclic amines) is 2. The van der Waals surface area contributed by atoms with Crippen LogP contribution in [0.2, 0.25) is 0 Å². The molecule has 0 aromatic carbocycles. The zero-order chi connectivity index (χ0) is 17.4. The van der Waals surface area contributed by atoms with Crippen LogP contribution in [0.3, 0.4) is 0 Å².